The number of benzene rings is 1. The van der Waals surface area contributed by atoms with Gasteiger partial charge in [0, 0.05) is 17.4 Å². The van der Waals surface area contributed by atoms with E-state index in [9.17, 15) is 0 Å². The fraction of sp³-hybridized carbons (Fsp3) is 0.412. The minimum atomic E-state index is 0.483. The topological polar surface area (TPSA) is 15.3 Å². The quantitative estimate of drug-likeness (QED) is 0.876. The van der Waals surface area contributed by atoms with Crippen molar-refractivity contribution in [3.63, 3.8) is 0 Å². The summed E-state index contributed by atoms with van der Waals surface area (Å²) in [6.07, 6.45) is 8.82. The lowest BCUT2D eigenvalue weighted by molar-refractivity contribution is 0.698. The zero-order valence-corrected chi connectivity index (χ0v) is 12.2. The van der Waals surface area contributed by atoms with Crippen molar-refractivity contribution in [3.8, 4) is 0 Å². The zero-order valence-electron chi connectivity index (χ0n) is 12.2. The first-order valence-electron chi connectivity index (χ1n) is 7.10. The maximum absolute atomic E-state index is 3.39. The first-order valence-corrected chi connectivity index (χ1v) is 7.10. The Balaban J connectivity index is 2.16. The second-order valence-corrected chi connectivity index (χ2v) is 5.41. The van der Waals surface area contributed by atoms with E-state index in [1.807, 2.05) is 0 Å². The molecule has 2 nitrogen and oxygen atoms in total. The Labute approximate surface area is 116 Å². The highest BCUT2D eigenvalue weighted by atomic mass is 15.2. The van der Waals surface area contributed by atoms with Crippen LogP contribution in [-0.4, -0.2) is 12.6 Å². The number of hydrogen-bond donors (Lipinski definition) is 1. The number of hydrogen-bond acceptors (Lipinski definition) is 2. The molecule has 0 aliphatic carbocycles. The Morgan fingerprint density at radius 2 is 2.11 bits per heavy atom. The maximum atomic E-state index is 3.39. The smallest absolute Gasteiger partial charge is 0.0579 e. The Bertz CT molecular complexity index is 472. The summed E-state index contributed by atoms with van der Waals surface area (Å²) < 4.78 is 0. The number of aryl methyl sites for hydroxylation is 1. The van der Waals surface area contributed by atoms with Gasteiger partial charge in [0.25, 0.3) is 0 Å². The molecule has 0 unspecified atom stereocenters. The minimum absolute atomic E-state index is 0.483. The lowest BCUT2D eigenvalue weighted by atomic mass is 10.1. The van der Waals surface area contributed by atoms with Crippen molar-refractivity contribution < 1.29 is 0 Å². The molecule has 2 heteroatoms. The van der Waals surface area contributed by atoms with Crippen LogP contribution in [0.4, 0.5) is 5.69 Å². The highest BCUT2D eigenvalue weighted by molar-refractivity contribution is 5.50. The number of allylic oxidation sites excluding steroid dienone is 2. The molecule has 19 heavy (non-hydrogen) atoms. The molecular formula is C17H24N2. The fourth-order valence-corrected chi connectivity index (χ4v) is 2.33. The van der Waals surface area contributed by atoms with E-state index in [0.29, 0.717) is 6.04 Å². The Hall–Kier alpha value is -1.70. The maximum Gasteiger partial charge on any atom is 0.0579 e. The van der Waals surface area contributed by atoms with Crippen LogP contribution < -0.4 is 10.2 Å². The van der Waals surface area contributed by atoms with Gasteiger partial charge in [0.1, 0.15) is 0 Å². The normalized spacial score (nSPS) is 14.8. The summed E-state index contributed by atoms with van der Waals surface area (Å²) in [5, 5.41) is 3.39. The van der Waals surface area contributed by atoms with Gasteiger partial charge in [-0.25, -0.2) is 0 Å². The molecule has 0 spiro atoms. The predicted octanol–water partition coefficient (Wildman–Crippen LogP) is 3.99. The fourth-order valence-electron chi connectivity index (χ4n) is 2.33. The monoisotopic (exact) mass is 256 g/mol. The Morgan fingerprint density at radius 3 is 2.84 bits per heavy atom. The van der Waals surface area contributed by atoms with E-state index in [1.54, 1.807) is 0 Å². The second kappa shape index (κ2) is 6.46. The van der Waals surface area contributed by atoms with Crippen LogP contribution in [0, 0.1) is 6.92 Å². The van der Waals surface area contributed by atoms with Crippen molar-refractivity contribution in [2.75, 3.05) is 11.4 Å². The molecule has 2 rings (SSSR count). The van der Waals surface area contributed by atoms with Gasteiger partial charge in [0.05, 0.1) is 6.54 Å². The molecule has 1 aliphatic heterocycles. The summed E-state index contributed by atoms with van der Waals surface area (Å²) in [4.78, 5) is 2.44. The van der Waals surface area contributed by atoms with E-state index in [0.717, 1.165) is 19.4 Å². The summed E-state index contributed by atoms with van der Waals surface area (Å²) in [5.74, 6) is 0. The zero-order chi connectivity index (χ0) is 13.7. The third-order valence-corrected chi connectivity index (χ3v) is 3.41. The molecule has 102 valence electrons. The van der Waals surface area contributed by atoms with Gasteiger partial charge < -0.3 is 10.2 Å². The average molecular weight is 256 g/mol. The van der Waals surface area contributed by atoms with Gasteiger partial charge in [-0.15, -0.1) is 0 Å². The third-order valence-electron chi connectivity index (χ3n) is 3.41. The van der Waals surface area contributed by atoms with Gasteiger partial charge in [0.2, 0.25) is 0 Å². The van der Waals surface area contributed by atoms with Crippen molar-refractivity contribution in [2.45, 2.75) is 39.7 Å². The van der Waals surface area contributed by atoms with Gasteiger partial charge in [-0.3, -0.25) is 0 Å². The van der Waals surface area contributed by atoms with Crippen molar-refractivity contribution in [1.29, 1.82) is 0 Å². The molecule has 0 radical (unpaired) electrons. The molecule has 0 saturated heterocycles. The molecule has 0 fully saturated rings. The summed E-state index contributed by atoms with van der Waals surface area (Å²) in [6, 6.07) is 9.22. The van der Waals surface area contributed by atoms with Crippen LogP contribution in [-0.2, 0) is 0 Å². The van der Waals surface area contributed by atoms with Gasteiger partial charge in [-0.05, 0) is 57.5 Å². The largest absolute Gasteiger partial charge is 0.364 e. The number of nitrogens with zero attached hydrogens (tertiary/aromatic N) is 1. The van der Waals surface area contributed by atoms with Crippen LogP contribution in [0.3, 0.4) is 0 Å². The van der Waals surface area contributed by atoms with Gasteiger partial charge in [-0.2, -0.15) is 0 Å². The summed E-state index contributed by atoms with van der Waals surface area (Å²) in [5.41, 5.74) is 3.90. The highest BCUT2D eigenvalue weighted by Gasteiger charge is 2.12. The van der Waals surface area contributed by atoms with Crippen molar-refractivity contribution >= 4 is 5.69 Å². The Kier molecular flexibility index (Phi) is 4.67. The Morgan fingerprint density at radius 1 is 1.26 bits per heavy atom. The number of nitrogens with one attached hydrogen (secondary N) is 1. The summed E-state index contributed by atoms with van der Waals surface area (Å²) in [6.45, 7) is 7.57. The van der Waals surface area contributed by atoms with Crippen molar-refractivity contribution in [2.24, 2.45) is 0 Å². The van der Waals surface area contributed by atoms with Crippen LogP contribution in [0.15, 0.2) is 48.3 Å². The van der Waals surface area contributed by atoms with Crippen molar-refractivity contribution in [3.05, 3.63) is 53.9 Å². The van der Waals surface area contributed by atoms with Crippen LogP contribution >= 0.6 is 0 Å². The molecule has 0 saturated carbocycles. The predicted molar refractivity (Wildman–Crippen MR) is 83.3 cm³/mol. The van der Waals surface area contributed by atoms with Crippen LogP contribution in [0.25, 0.3) is 0 Å². The first kappa shape index (κ1) is 13.7. The average Bonchev–Trinajstić information content (AvgIpc) is 2.64. The molecule has 0 bridgehead atoms. The SMILES string of the molecule is Cc1cccc(N(CC2=CCCC=CN2)C(C)C)c1. The lowest BCUT2D eigenvalue weighted by Gasteiger charge is -2.30. The van der Waals surface area contributed by atoms with E-state index in [4.69, 9.17) is 0 Å². The van der Waals surface area contributed by atoms with E-state index >= 15 is 0 Å². The molecule has 1 aliphatic rings. The molecule has 1 aromatic carbocycles. The van der Waals surface area contributed by atoms with Gasteiger partial charge in [0.15, 0.2) is 0 Å². The second-order valence-electron chi connectivity index (χ2n) is 5.41. The molecule has 1 heterocycles. The third kappa shape index (κ3) is 3.88. The standard InChI is InChI=1S/C17H24N2/c1-14(2)19(17-10-7-8-15(3)12-17)13-16-9-5-4-6-11-18-16/h6-12,14,18H,4-5,13H2,1-3H3. The summed E-state index contributed by atoms with van der Waals surface area (Å²) >= 11 is 0. The van der Waals surface area contributed by atoms with Crippen LogP contribution in [0.1, 0.15) is 32.3 Å². The van der Waals surface area contributed by atoms with Crippen molar-refractivity contribution in [1.82, 2.24) is 5.32 Å². The van der Waals surface area contributed by atoms with E-state index in [1.165, 1.54) is 16.9 Å². The van der Waals surface area contributed by atoms with E-state index in [2.05, 4.69) is 73.6 Å². The molecule has 1 aromatic rings. The molecule has 0 amide bonds. The highest BCUT2D eigenvalue weighted by Crippen LogP contribution is 2.20. The number of anilines is 1. The van der Waals surface area contributed by atoms with E-state index in [-0.39, 0.29) is 0 Å². The molecule has 0 atom stereocenters. The van der Waals surface area contributed by atoms with Crippen LogP contribution in [0.5, 0.6) is 0 Å². The molecule has 1 N–H and O–H groups in total. The summed E-state index contributed by atoms with van der Waals surface area (Å²) in [7, 11) is 0. The van der Waals surface area contributed by atoms with E-state index < -0.39 is 0 Å². The minimum Gasteiger partial charge on any atom is -0.364 e. The first-order chi connectivity index (χ1) is 9.16. The lowest BCUT2D eigenvalue weighted by Crippen LogP contribution is -2.34. The molecule has 0 aromatic heterocycles. The van der Waals surface area contributed by atoms with Crippen LogP contribution in [0.2, 0.25) is 0 Å². The molecular weight excluding hydrogens is 232 g/mol. The van der Waals surface area contributed by atoms with Gasteiger partial charge >= 0.3 is 0 Å². The van der Waals surface area contributed by atoms with Gasteiger partial charge in [-0.1, -0.05) is 24.3 Å². The number of rotatable bonds is 4.